The number of nitrogens with one attached hydrogen (secondary N) is 1. The van der Waals surface area contributed by atoms with Crippen LogP contribution >= 0.6 is 11.3 Å². The first kappa shape index (κ1) is 23.4. The number of anilines is 1. The number of fused-ring (bicyclic) bond motifs is 1. The molecule has 0 bridgehead atoms. The van der Waals surface area contributed by atoms with E-state index in [0.29, 0.717) is 42.0 Å². The molecule has 8 heteroatoms. The minimum absolute atomic E-state index is 0.0640. The maximum Gasteiger partial charge on any atom is 0.264 e. The van der Waals surface area contributed by atoms with Gasteiger partial charge in [-0.1, -0.05) is 18.2 Å². The van der Waals surface area contributed by atoms with Crippen LogP contribution in [-0.4, -0.2) is 61.4 Å². The van der Waals surface area contributed by atoms with Crippen LogP contribution in [0.5, 0.6) is 0 Å². The highest BCUT2D eigenvalue weighted by Crippen LogP contribution is 2.34. The second-order valence-corrected chi connectivity index (χ2v) is 9.37. The summed E-state index contributed by atoms with van der Waals surface area (Å²) in [5, 5.41) is 3.46. The van der Waals surface area contributed by atoms with Crippen molar-refractivity contribution in [3.8, 4) is 0 Å². The van der Waals surface area contributed by atoms with Crippen molar-refractivity contribution >= 4 is 38.9 Å². The molecule has 3 aromatic rings. The van der Waals surface area contributed by atoms with Gasteiger partial charge in [0.1, 0.15) is 5.82 Å². The largest absolute Gasteiger partial charge is 0.380 e. The van der Waals surface area contributed by atoms with Gasteiger partial charge in [-0.2, -0.15) is 0 Å². The Morgan fingerprint density at radius 2 is 1.82 bits per heavy atom. The number of ether oxygens (including phenoxy) is 1. The Hall–Kier alpha value is -2.81. The Morgan fingerprint density at radius 3 is 2.55 bits per heavy atom. The van der Waals surface area contributed by atoms with E-state index >= 15 is 0 Å². The monoisotopic (exact) mass is 469 g/mol. The lowest BCUT2D eigenvalue weighted by Crippen LogP contribution is -2.50. The number of piperazine rings is 1. The van der Waals surface area contributed by atoms with Crippen molar-refractivity contribution in [2.45, 2.75) is 20.5 Å². The second kappa shape index (κ2) is 9.99. The molecule has 0 spiro atoms. The van der Waals surface area contributed by atoms with Crippen LogP contribution in [0.2, 0.25) is 0 Å². The van der Waals surface area contributed by atoms with Gasteiger partial charge in [0, 0.05) is 54.6 Å². The molecule has 1 N–H and O–H groups in total. The smallest absolute Gasteiger partial charge is 0.264 e. The minimum Gasteiger partial charge on any atom is -0.380 e. The summed E-state index contributed by atoms with van der Waals surface area (Å²) in [6, 6.07) is 10.7. The number of nitrogens with zero attached hydrogens (tertiary/aromatic N) is 2. The van der Waals surface area contributed by atoms with Gasteiger partial charge in [0.15, 0.2) is 0 Å². The van der Waals surface area contributed by atoms with E-state index in [1.54, 1.807) is 18.1 Å². The molecule has 0 atom stereocenters. The lowest BCUT2D eigenvalue weighted by Gasteiger charge is -2.34. The zero-order valence-electron chi connectivity index (χ0n) is 19.1. The van der Waals surface area contributed by atoms with E-state index in [9.17, 15) is 14.0 Å². The summed E-state index contributed by atoms with van der Waals surface area (Å²) < 4.78 is 20.5. The average molecular weight is 470 g/mol. The molecule has 0 saturated carbocycles. The highest BCUT2D eigenvalue weighted by molar-refractivity contribution is 7.21. The van der Waals surface area contributed by atoms with Gasteiger partial charge >= 0.3 is 0 Å². The lowest BCUT2D eigenvalue weighted by atomic mass is 10.1. The molecule has 6 nitrogen and oxygen atoms in total. The fraction of sp³-hybridized carbons (Fsp3) is 0.360. The van der Waals surface area contributed by atoms with Crippen molar-refractivity contribution < 1.29 is 18.7 Å². The van der Waals surface area contributed by atoms with E-state index < -0.39 is 0 Å². The third-order valence-electron chi connectivity index (χ3n) is 6.15. The Labute approximate surface area is 196 Å². The predicted molar refractivity (Wildman–Crippen MR) is 129 cm³/mol. The van der Waals surface area contributed by atoms with E-state index in [-0.39, 0.29) is 30.8 Å². The molecule has 0 unspecified atom stereocenters. The van der Waals surface area contributed by atoms with Crippen LogP contribution in [0.4, 0.5) is 10.1 Å². The number of hydrogen-bond donors (Lipinski definition) is 1. The maximum atomic E-state index is 14.4. The van der Waals surface area contributed by atoms with E-state index in [2.05, 4.69) is 5.32 Å². The van der Waals surface area contributed by atoms with Crippen molar-refractivity contribution in [1.29, 1.82) is 0 Å². The van der Waals surface area contributed by atoms with Crippen molar-refractivity contribution in [2.75, 3.05) is 45.2 Å². The second-order valence-electron chi connectivity index (χ2n) is 8.32. The number of carbonyl (C=O) groups excluding carboxylic acids is 2. The van der Waals surface area contributed by atoms with Crippen molar-refractivity contribution in [1.82, 2.24) is 9.80 Å². The number of carbonyl (C=O) groups is 2. The summed E-state index contributed by atoms with van der Waals surface area (Å²) in [6.45, 7) is 6.70. The standard InChI is InChI=1S/C25H28FN3O3S/c1-16-6-4-8-20(17(16)2)27-22(30)14-28-10-12-29(13-11-28)25(31)24-18(15-32-3)23-19(26)7-5-9-21(23)33-24/h4-9H,10-15H2,1-3H3,(H,27,30). The molecule has 1 aromatic heterocycles. The molecule has 2 aromatic carbocycles. The highest BCUT2D eigenvalue weighted by Gasteiger charge is 2.28. The molecule has 174 valence electrons. The summed E-state index contributed by atoms with van der Waals surface area (Å²) in [4.78, 5) is 30.2. The molecule has 1 aliphatic heterocycles. The number of halogens is 1. The average Bonchev–Trinajstić information content (AvgIpc) is 3.17. The van der Waals surface area contributed by atoms with Crippen LogP contribution in [0.15, 0.2) is 36.4 Å². The zero-order valence-corrected chi connectivity index (χ0v) is 19.9. The van der Waals surface area contributed by atoms with Crippen molar-refractivity contribution in [3.05, 3.63) is 63.8 Å². The van der Waals surface area contributed by atoms with Crippen LogP contribution in [-0.2, 0) is 16.1 Å². The number of benzene rings is 2. The van der Waals surface area contributed by atoms with Gasteiger partial charge < -0.3 is 15.0 Å². The third kappa shape index (κ3) is 4.93. The summed E-state index contributed by atoms with van der Waals surface area (Å²) in [5.74, 6) is -0.512. The van der Waals surface area contributed by atoms with Crippen LogP contribution in [0.25, 0.3) is 10.1 Å². The van der Waals surface area contributed by atoms with Gasteiger partial charge in [0.2, 0.25) is 5.91 Å². The van der Waals surface area contributed by atoms with E-state index in [1.165, 1.54) is 17.4 Å². The molecular weight excluding hydrogens is 441 g/mol. The Kier molecular flexibility index (Phi) is 7.07. The van der Waals surface area contributed by atoms with Crippen LogP contribution in [0.3, 0.4) is 0 Å². The summed E-state index contributed by atoms with van der Waals surface area (Å²) in [5.41, 5.74) is 3.63. The molecule has 0 aliphatic carbocycles. The van der Waals surface area contributed by atoms with Gasteiger partial charge in [-0.15, -0.1) is 11.3 Å². The number of hydrogen-bond acceptors (Lipinski definition) is 5. The highest BCUT2D eigenvalue weighted by atomic mass is 32.1. The molecule has 2 amide bonds. The maximum absolute atomic E-state index is 14.4. The van der Waals surface area contributed by atoms with Crippen LogP contribution < -0.4 is 5.32 Å². The first-order valence-electron chi connectivity index (χ1n) is 11.0. The number of thiophene rings is 1. The summed E-state index contributed by atoms with van der Waals surface area (Å²) >= 11 is 1.31. The van der Waals surface area contributed by atoms with E-state index in [4.69, 9.17) is 4.74 Å². The molecule has 0 radical (unpaired) electrons. The van der Waals surface area contributed by atoms with Gasteiger partial charge in [-0.25, -0.2) is 4.39 Å². The first-order valence-corrected chi connectivity index (χ1v) is 11.8. The third-order valence-corrected chi connectivity index (χ3v) is 7.34. The Balaban J connectivity index is 1.39. The Bertz CT molecular complexity index is 1190. The van der Waals surface area contributed by atoms with Crippen molar-refractivity contribution in [2.24, 2.45) is 0 Å². The van der Waals surface area contributed by atoms with E-state index in [1.807, 2.05) is 43.0 Å². The number of methoxy groups -OCH3 is 1. The summed E-state index contributed by atoms with van der Waals surface area (Å²) in [7, 11) is 1.54. The van der Waals surface area contributed by atoms with Gasteiger partial charge in [0.05, 0.1) is 18.0 Å². The molecule has 2 heterocycles. The zero-order chi connectivity index (χ0) is 23.5. The molecule has 4 rings (SSSR count). The first-order chi connectivity index (χ1) is 15.9. The van der Waals surface area contributed by atoms with Crippen LogP contribution in [0.1, 0.15) is 26.4 Å². The topological polar surface area (TPSA) is 61.9 Å². The quantitative estimate of drug-likeness (QED) is 0.588. The fourth-order valence-corrected chi connectivity index (χ4v) is 5.34. The van der Waals surface area contributed by atoms with E-state index in [0.717, 1.165) is 21.5 Å². The van der Waals surface area contributed by atoms with Crippen molar-refractivity contribution in [3.63, 3.8) is 0 Å². The minimum atomic E-state index is -0.338. The van der Waals surface area contributed by atoms with Gasteiger partial charge in [-0.3, -0.25) is 14.5 Å². The lowest BCUT2D eigenvalue weighted by molar-refractivity contribution is -0.117. The molecule has 1 fully saturated rings. The number of aryl methyl sites for hydroxylation is 1. The van der Waals surface area contributed by atoms with Gasteiger partial charge in [-0.05, 0) is 43.2 Å². The number of rotatable bonds is 6. The molecule has 1 aliphatic rings. The normalized spacial score (nSPS) is 14.6. The summed E-state index contributed by atoms with van der Waals surface area (Å²) in [6.07, 6.45) is 0. The number of amides is 2. The Morgan fingerprint density at radius 1 is 1.09 bits per heavy atom. The van der Waals surface area contributed by atoms with Crippen LogP contribution in [0, 0.1) is 19.7 Å². The molecule has 33 heavy (non-hydrogen) atoms. The molecule has 1 saturated heterocycles. The van der Waals surface area contributed by atoms with Gasteiger partial charge in [0.25, 0.3) is 5.91 Å². The molecular formula is C25H28FN3O3S. The fourth-order valence-electron chi connectivity index (χ4n) is 4.15. The predicted octanol–water partition coefficient (Wildman–Crippen LogP) is 4.20. The SMILES string of the molecule is COCc1c(C(=O)N2CCN(CC(=O)Nc3cccc(C)c3C)CC2)sc2cccc(F)c12.